The van der Waals surface area contributed by atoms with Crippen molar-refractivity contribution in [3.63, 3.8) is 0 Å². The zero-order valence-electron chi connectivity index (χ0n) is 9.56. The zero-order chi connectivity index (χ0) is 12.0. The Morgan fingerprint density at radius 2 is 2.38 bits per heavy atom. The lowest BCUT2D eigenvalue weighted by Crippen LogP contribution is -2.46. The molecule has 0 aromatic carbocycles. The maximum Gasteiger partial charge on any atom is 0.258 e. The zero-order valence-corrected chi connectivity index (χ0v) is 9.56. The summed E-state index contributed by atoms with van der Waals surface area (Å²) < 4.78 is 5.22. The van der Waals surface area contributed by atoms with Gasteiger partial charge in [-0.3, -0.25) is 9.78 Å². The van der Waals surface area contributed by atoms with Gasteiger partial charge in [0.15, 0.2) is 6.61 Å². The van der Waals surface area contributed by atoms with Gasteiger partial charge in [-0.05, 0) is 26.0 Å². The van der Waals surface area contributed by atoms with E-state index in [9.17, 15) is 4.79 Å². The fourth-order valence-corrected chi connectivity index (χ4v) is 0.959. The topological polar surface area (TPSA) is 77.2 Å². The highest BCUT2D eigenvalue weighted by atomic mass is 16.5. The number of hydrogen-bond acceptors (Lipinski definition) is 4. The van der Waals surface area contributed by atoms with Crippen LogP contribution in [0.25, 0.3) is 0 Å². The summed E-state index contributed by atoms with van der Waals surface area (Å²) in [6.45, 7) is 4.08. The van der Waals surface area contributed by atoms with Crippen LogP contribution in [0, 0.1) is 0 Å². The highest BCUT2D eigenvalue weighted by Crippen LogP contribution is 2.05. The van der Waals surface area contributed by atoms with Crippen LogP contribution in [0.2, 0.25) is 0 Å². The van der Waals surface area contributed by atoms with Gasteiger partial charge in [0.2, 0.25) is 0 Å². The van der Waals surface area contributed by atoms with Crippen molar-refractivity contribution >= 4 is 5.91 Å². The second-order valence-corrected chi connectivity index (χ2v) is 4.24. The molecule has 3 N–H and O–H groups in total. The Balaban J connectivity index is 2.26. The third-order valence-corrected chi connectivity index (χ3v) is 1.75. The van der Waals surface area contributed by atoms with Crippen molar-refractivity contribution < 1.29 is 9.53 Å². The summed E-state index contributed by atoms with van der Waals surface area (Å²) >= 11 is 0. The summed E-state index contributed by atoms with van der Waals surface area (Å²) in [5.74, 6) is 0.382. The molecule has 5 heteroatoms. The maximum atomic E-state index is 11.4. The molecule has 5 nitrogen and oxygen atoms in total. The van der Waals surface area contributed by atoms with Crippen LogP contribution in [-0.2, 0) is 4.79 Å². The van der Waals surface area contributed by atoms with Gasteiger partial charge in [-0.1, -0.05) is 0 Å². The van der Waals surface area contributed by atoms with Crippen molar-refractivity contribution in [2.24, 2.45) is 5.73 Å². The Hall–Kier alpha value is -1.62. The largest absolute Gasteiger partial charge is 0.482 e. The number of rotatable bonds is 5. The normalized spacial score (nSPS) is 10.9. The van der Waals surface area contributed by atoms with Gasteiger partial charge in [0.1, 0.15) is 5.75 Å². The molecule has 0 saturated heterocycles. The quantitative estimate of drug-likeness (QED) is 0.753. The number of amides is 1. The molecular formula is C11H17N3O2. The van der Waals surface area contributed by atoms with Crippen LogP contribution in [0.15, 0.2) is 24.5 Å². The second-order valence-electron chi connectivity index (χ2n) is 4.24. The lowest BCUT2D eigenvalue weighted by Gasteiger charge is -2.18. The monoisotopic (exact) mass is 223 g/mol. The number of pyridine rings is 1. The molecule has 16 heavy (non-hydrogen) atoms. The van der Waals surface area contributed by atoms with Gasteiger partial charge in [0.25, 0.3) is 5.91 Å². The van der Waals surface area contributed by atoms with E-state index < -0.39 is 5.54 Å². The van der Waals surface area contributed by atoms with Crippen molar-refractivity contribution in [2.75, 3.05) is 13.2 Å². The van der Waals surface area contributed by atoms with Gasteiger partial charge in [-0.2, -0.15) is 0 Å². The Bertz CT molecular complexity index is 333. The van der Waals surface area contributed by atoms with Crippen LogP contribution in [0.4, 0.5) is 0 Å². The molecule has 0 aliphatic carbocycles. The van der Waals surface area contributed by atoms with E-state index >= 15 is 0 Å². The molecule has 88 valence electrons. The van der Waals surface area contributed by atoms with E-state index in [1.54, 1.807) is 24.5 Å². The molecule has 0 atom stereocenters. The first kappa shape index (κ1) is 12.4. The molecule has 1 aromatic heterocycles. The van der Waals surface area contributed by atoms with E-state index in [-0.39, 0.29) is 12.5 Å². The fraction of sp³-hybridized carbons (Fsp3) is 0.455. The Labute approximate surface area is 95.0 Å². The standard InChI is InChI=1S/C11H17N3O2/c1-11(2,12)8-14-10(15)7-16-9-4-3-5-13-6-9/h3-6H,7-8,12H2,1-2H3,(H,14,15). The van der Waals surface area contributed by atoms with E-state index in [4.69, 9.17) is 10.5 Å². The number of hydrogen-bond donors (Lipinski definition) is 2. The summed E-state index contributed by atoms with van der Waals surface area (Å²) in [5.41, 5.74) is 5.31. The van der Waals surface area contributed by atoms with Crippen LogP contribution >= 0.6 is 0 Å². The molecule has 1 heterocycles. The minimum atomic E-state index is -0.413. The van der Waals surface area contributed by atoms with Crippen LogP contribution in [0.5, 0.6) is 5.75 Å². The van der Waals surface area contributed by atoms with E-state index in [1.165, 1.54) is 0 Å². The molecule has 0 saturated carbocycles. The first-order valence-corrected chi connectivity index (χ1v) is 5.06. The Kier molecular flexibility index (Phi) is 4.25. The second kappa shape index (κ2) is 5.46. The van der Waals surface area contributed by atoms with E-state index in [2.05, 4.69) is 10.3 Å². The lowest BCUT2D eigenvalue weighted by atomic mass is 10.1. The first-order valence-electron chi connectivity index (χ1n) is 5.06. The number of nitrogens with two attached hydrogens (primary N) is 1. The van der Waals surface area contributed by atoms with Gasteiger partial charge in [-0.15, -0.1) is 0 Å². The van der Waals surface area contributed by atoms with Gasteiger partial charge in [-0.25, -0.2) is 0 Å². The van der Waals surface area contributed by atoms with E-state index in [1.807, 2.05) is 13.8 Å². The first-order chi connectivity index (χ1) is 7.47. The average molecular weight is 223 g/mol. The summed E-state index contributed by atoms with van der Waals surface area (Å²) in [6.07, 6.45) is 3.20. The van der Waals surface area contributed by atoms with Crippen LogP contribution < -0.4 is 15.8 Å². The molecule has 0 spiro atoms. The lowest BCUT2D eigenvalue weighted by molar-refractivity contribution is -0.123. The molecule has 0 aliphatic heterocycles. The van der Waals surface area contributed by atoms with Crippen molar-refractivity contribution in [3.8, 4) is 5.75 Å². The molecule has 0 aliphatic rings. The van der Waals surface area contributed by atoms with Gasteiger partial charge in [0, 0.05) is 18.3 Å². The van der Waals surface area contributed by atoms with Crippen molar-refractivity contribution in [1.29, 1.82) is 0 Å². The van der Waals surface area contributed by atoms with Crippen molar-refractivity contribution in [1.82, 2.24) is 10.3 Å². The average Bonchev–Trinajstić information content (AvgIpc) is 2.24. The highest BCUT2D eigenvalue weighted by molar-refractivity contribution is 5.77. The van der Waals surface area contributed by atoms with Crippen molar-refractivity contribution in [2.45, 2.75) is 19.4 Å². The summed E-state index contributed by atoms with van der Waals surface area (Å²) in [5, 5.41) is 2.68. The van der Waals surface area contributed by atoms with Gasteiger partial charge in [0.05, 0.1) is 6.20 Å². The highest BCUT2D eigenvalue weighted by Gasteiger charge is 2.12. The van der Waals surface area contributed by atoms with Crippen molar-refractivity contribution in [3.05, 3.63) is 24.5 Å². The molecule has 1 amide bonds. The third kappa shape index (κ3) is 5.31. The Morgan fingerprint density at radius 3 is 2.94 bits per heavy atom. The number of nitrogens with zero attached hydrogens (tertiary/aromatic N) is 1. The summed E-state index contributed by atoms with van der Waals surface area (Å²) in [7, 11) is 0. The predicted molar refractivity (Wildman–Crippen MR) is 61.0 cm³/mol. The van der Waals surface area contributed by atoms with E-state index in [0.29, 0.717) is 12.3 Å². The minimum Gasteiger partial charge on any atom is -0.482 e. The number of nitrogens with one attached hydrogen (secondary N) is 1. The molecule has 1 rings (SSSR count). The maximum absolute atomic E-state index is 11.4. The molecular weight excluding hydrogens is 206 g/mol. The predicted octanol–water partition coefficient (Wildman–Crippen LogP) is 0.314. The number of carbonyl (C=O) groups excluding carboxylic acids is 1. The SMILES string of the molecule is CC(C)(N)CNC(=O)COc1cccnc1. The van der Waals surface area contributed by atoms with Gasteiger partial charge >= 0.3 is 0 Å². The molecule has 0 radical (unpaired) electrons. The van der Waals surface area contributed by atoms with Gasteiger partial charge < -0.3 is 15.8 Å². The third-order valence-electron chi connectivity index (χ3n) is 1.75. The number of ether oxygens (including phenoxy) is 1. The number of carbonyl (C=O) groups is 1. The molecule has 1 aromatic rings. The van der Waals surface area contributed by atoms with Crippen LogP contribution in [0.1, 0.15) is 13.8 Å². The van der Waals surface area contributed by atoms with Crippen LogP contribution in [-0.4, -0.2) is 29.6 Å². The van der Waals surface area contributed by atoms with Crippen LogP contribution in [0.3, 0.4) is 0 Å². The molecule has 0 unspecified atom stereocenters. The van der Waals surface area contributed by atoms with E-state index in [0.717, 1.165) is 0 Å². The number of aromatic nitrogens is 1. The summed E-state index contributed by atoms with van der Waals surface area (Å²) in [4.78, 5) is 15.2. The Morgan fingerprint density at radius 1 is 1.62 bits per heavy atom. The smallest absolute Gasteiger partial charge is 0.258 e. The minimum absolute atomic E-state index is 0.0260. The fourth-order valence-electron chi connectivity index (χ4n) is 0.959. The molecule has 0 bridgehead atoms. The molecule has 0 fully saturated rings. The summed E-state index contributed by atoms with van der Waals surface area (Å²) in [6, 6.07) is 3.49.